The molecule has 2 aromatic heterocycles. The van der Waals surface area contributed by atoms with Crippen LogP contribution in [-0.2, 0) is 18.1 Å². The van der Waals surface area contributed by atoms with Gasteiger partial charge in [0.25, 0.3) is 0 Å². The van der Waals surface area contributed by atoms with Crippen molar-refractivity contribution in [2.75, 3.05) is 13.2 Å². The van der Waals surface area contributed by atoms with Gasteiger partial charge in [0.05, 0.1) is 0 Å². The van der Waals surface area contributed by atoms with E-state index in [2.05, 4.69) is 46.9 Å². The van der Waals surface area contributed by atoms with Gasteiger partial charge in [0.2, 0.25) is 0 Å². The predicted molar refractivity (Wildman–Crippen MR) is 181 cm³/mol. The third-order valence-electron chi connectivity index (χ3n) is 7.33. The van der Waals surface area contributed by atoms with Crippen molar-refractivity contribution in [3.63, 3.8) is 0 Å². The Morgan fingerprint density at radius 2 is 1.71 bits per heavy atom. The molecule has 4 aromatic rings. The van der Waals surface area contributed by atoms with Crippen LogP contribution in [0.3, 0.4) is 0 Å². The first-order chi connectivity index (χ1) is 21.8. The molecule has 0 bridgehead atoms. The lowest BCUT2D eigenvalue weighted by Gasteiger charge is -2.16. The van der Waals surface area contributed by atoms with E-state index in [0.717, 1.165) is 41.1 Å². The molecule has 0 saturated heterocycles. The lowest BCUT2D eigenvalue weighted by Crippen LogP contribution is -2.27. The summed E-state index contributed by atoms with van der Waals surface area (Å²) < 4.78 is 19.6. The molecular formula is C35H47N5O4Si. The van der Waals surface area contributed by atoms with Crippen LogP contribution in [0.4, 0.5) is 4.79 Å². The molecule has 10 heteroatoms. The molecule has 0 aliphatic rings. The second-order valence-corrected chi connectivity index (χ2v) is 18.0. The van der Waals surface area contributed by atoms with E-state index < -0.39 is 14.2 Å². The first-order valence-electron chi connectivity index (χ1n) is 16.0. The van der Waals surface area contributed by atoms with Crippen LogP contribution in [0.25, 0.3) is 22.5 Å². The number of pyridine rings is 1. The Balaban J connectivity index is 1.50. The van der Waals surface area contributed by atoms with Crippen molar-refractivity contribution in [3.8, 4) is 34.0 Å². The maximum Gasteiger partial charge on any atom is 0.412 e. The Labute approximate surface area is 268 Å². The van der Waals surface area contributed by atoms with E-state index in [1.807, 2.05) is 48.5 Å². The molecule has 0 saturated carbocycles. The average molecular weight is 630 g/mol. The monoisotopic (exact) mass is 629 g/mol. The maximum atomic E-state index is 12.6. The quantitative estimate of drug-likeness (QED) is 0.0872. The number of carbonyl (C=O) groups is 1. The molecule has 4 rings (SSSR count). The minimum Gasteiger partial charge on any atom is -0.488 e. The van der Waals surface area contributed by atoms with E-state index in [1.54, 1.807) is 23.1 Å². The van der Waals surface area contributed by atoms with Gasteiger partial charge in [-0.25, -0.2) is 14.5 Å². The Morgan fingerprint density at radius 3 is 2.51 bits per heavy atom. The van der Waals surface area contributed by atoms with Crippen molar-refractivity contribution >= 4 is 14.2 Å². The summed E-state index contributed by atoms with van der Waals surface area (Å²) >= 11 is 0. The van der Waals surface area contributed by atoms with Gasteiger partial charge in [0.15, 0.2) is 5.82 Å². The summed E-state index contributed by atoms with van der Waals surface area (Å²) in [7, 11) is -1.19. The fraction of sp³-hybridized carbons (Fsp3) is 0.429. The molecule has 240 valence electrons. The zero-order chi connectivity index (χ0) is 31.9. The Morgan fingerprint density at radius 1 is 0.933 bits per heavy atom. The van der Waals surface area contributed by atoms with Crippen molar-refractivity contribution in [2.24, 2.45) is 0 Å². The van der Waals surface area contributed by atoms with E-state index in [4.69, 9.17) is 14.2 Å². The number of unbranched alkanes of at least 4 members (excludes halogenated alkanes) is 5. The van der Waals surface area contributed by atoms with Crippen molar-refractivity contribution in [1.29, 1.82) is 0 Å². The largest absolute Gasteiger partial charge is 0.488 e. The molecule has 1 N–H and O–H groups in total. The number of nitrogens with zero attached hydrogens (tertiary/aromatic N) is 4. The summed E-state index contributed by atoms with van der Waals surface area (Å²) in [4.78, 5) is 21.6. The fourth-order valence-electron chi connectivity index (χ4n) is 4.72. The number of hydrogen-bond acceptors (Lipinski definition) is 7. The third kappa shape index (κ3) is 11.4. The highest BCUT2D eigenvalue weighted by atomic mass is 28.3. The number of carbonyl (C=O) groups excluding carboxylic acids is 1. The Hall–Kier alpha value is -4.02. The molecule has 2 aromatic carbocycles. The fourth-order valence-corrected chi connectivity index (χ4v) is 5.48. The highest BCUT2D eigenvalue weighted by Gasteiger charge is 2.16. The lowest BCUT2D eigenvalue weighted by molar-refractivity contribution is 0.0796. The summed E-state index contributed by atoms with van der Waals surface area (Å²) in [5, 5.41) is 7.25. The highest BCUT2D eigenvalue weighted by Crippen LogP contribution is 2.35. The van der Waals surface area contributed by atoms with Gasteiger partial charge in [0.1, 0.15) is 31.2 Å². The van der Waals surface area contributed by atoms with E-state index in [9.17, 15) is 4.79 Å². The van der Waals surface area contributed by atoms with E-state index in [-0.39, 0.29) is 0 Å². The first kappa shape index (κ1) is 33.9. The number of benzene rings is 2. The summed E-state index contributed by atoms with van der Waals surface area (Å²) in [5.74, 6) is 1.72. The molecule has 0 fully saturated rings. The minimum atomic E-state index is -1.19. The molecule has 2 heterocycles. The zero-order valence-corrected chi connectivity index (χ0v) is 28.1. The number of rotatable bonds is 18. The van der Waals surface area contributed by atoms with Crippen LogP contribution < -0.4 is 14.8 Å². The van der Waals surface area contributed by atoms with E-state index in [1.165, 1.54) is 32.0 Å². The van der Waals surface area contributed by atoms with E-state index >= 15 is 0 Å². The van der Waals surface area contributed by atoms with Gasteiger partial charge in [-0.1, -0.05) is 89.0 Å². The normalized spacial score (nSPS) is 11.4. The van der Waals surface area contributed by atoms with Crippen molar-refractivity contribution in [3.05, 3.63) is 78.9 Å². The first-order valence-corrected chi connectivity index (χ1v) is 19.7. The lowest BCUT2D eigenvalue weighted by atomic mass is 10.0. The summed E-state index contributed by atoms with van der Waals surface area (Å²) in [6, 6.07) is 18.4. The smallest absolute Gasteiger partial charge is 0.412 e. The van der Waals surface area contributed by atoms with Crippen LogP contribution >= 0.6 is 0 Å². The number of ether oxygens (including phenoxy) is 3. The second kappa shape index (κ2) is 17.5. The van der Waals surface area contributed by atoms with Crippen molar-refractivity contribution in [2.45, 2.75) is 84.5 Å². The van der Waals surface area contributed by atoms with Gasteiger partial charge in [0, 0.05) is 50.3 Å². The highest BCUT2D eigenvalue weighted by molar-refractivity contribution is 6.76. The third-order valence-corrected chi connectivity index (χ3v) is 9.04. The molecule has 0 aliphatic heterocycles. The van der Waals surface area contributed by atoms with Gasteiger partial charge < -0.3 is 19.5 Å². The van der Waals surface area contributed by atoms with E-state index in [0.29, 0.717) is 43.8 Å². The summed E-state index contributed by atoms with van der Waals surface area (Å²) in [5.41, 5.74) is 3.38. The van der Waals surface area contributed by atoms with Gasteiger partial charge >= 0.3 is 6.09 Å². The molecule has 0 aliphatic carbocycles. The van der Waals surface area contributed by atoms with Crippen LogP contribution in [0.5, 0.6) is 11.5 Å². The van der Waals surface area contributed by atoms with Crippen molar-refractivity contribution < 1.29 is 19.0 Å². The molecule has 0 atom stereocenters. The summed E-state index contributed by atoms with van der Waals surface area (Å²) in [6.45, 7) is 11.2. The average Bonchev–Trinajstić information content (AvgIpc) is 3.51. The topological polar surface area (TPSA) is 100 Å². The standard InChI is InChI=1S/C35H47N5O4Si/c1-5-6-7-8-9-13-18-37-35(41)44-31-16-17-33(43-25-28-14-11-10-12-15-28)32(22-31)29-21-30(24-36-23-29)34-38-26-39-40(34)27-42-19-20-45(2,3)4/h10-12,14-17,21-24,26H,5-9,13,18-20,25,27H2,1-4H3,(H,37,41). The van der Waals surface area contributed by atoms with Crippen LogP contribution in [-0.4, -0.2) is 47.1 Å². The number of hydrogen-bond donors (Lipinski definition) is 1. The van der Waals surface area contributed by atoms with Gasteiger partial charge in [-0.05, 0) is 42.3 Å². The van der Waals surface area contributed by atoms with Crippen LogP contribution in [0.15, 0.2) is 73.3 Å². The molecule has 0 spiro atoms. The van der Waals surface area contributed by atoms with Gasteiger partial charge in [-0.3, -0.25) is 4.98 Å². The number of amides is 1. The Kier molecular flexibility index (Phi) is 13.1. The number of nitrogens with one attached hydrogen (secondary N) is 1. The summed E-state index contributed by atoms with van der Waals surface area (Å²) in [6.07, 6.45) is 11.5. The Bertz CT molecular complexity index is 1470. The molecule has 0 radical (unpaired) electrons. The molecule has 45 heavy (non-hydrogen) atoms. The van der Waals surface area contributed by atoms with Gasteiger partial charge in [-0.2, -0.15) is 5.10 Å². The van der Waals surface area contributed by atoms with Crippen molar-refractivity contribution in [1.82, 2.24) is 25.1 Å². The van der Waals surface area contributed by atoms with Crippen LogP contribution in [0, 0.1) is 0 Å². The second-order valence-electron chi connectivity index (χ2n) is 12.4. The number of aromatic nitrogens is 4. The van der Waals surface area contributed by atoms with Gasteiger partial charge in [-0.15, -0.1) is 0 Å². The molecular weight excluding hydrogens is 583 g/mol. The molecule has 9 nitrogen and oxygen atoms in total. The van der Waals surface area contributed by atoms with Crippen LogP contribution in [0.1, 0.15) is 51.0 Å². The zero-order valence-electron chi connectivity index (χ0n) is 27.1. The molecule has 0 unspecified atom stereocenters. The SMILES string of the molecule is CCCCCCCCNC(=O)Oc1ccc(OCc2ccccc2)c(-c2cncc(-c3ncnn3COCC[Si](C)(C)C)c2)c1. The maximum absolute atomic E-state index is 12.6. The predicted octanol–water partition coefficient (Wildman–Crippen LogP) is 8.35. The molecule has 1 amide bonds. The minimum absolute atomic E-state index is 0.312. The van der Waals surface area contributed by atoms with Crippen LogP contribution in [0.2, 0.25) is 25.7 Å².